The zero-order chi connectivity index (χ0) is 18.9. The lowest BCUT2D eigenvalue weighted by molar-refractivity contribution is 0.458. The zero-order valence-corrected chi connectivity index (χ0v) is 19.2. The van der Waals surface area contributed by atoms with E-state index in [0.717, 1.165) is 36.8 Å². The van der Waals surface area contributed by atoms with Gasteiger partial charge in [0.2, 0.25) is 0 Å². The van der Waals surface area contributed by atoms with Crippen LogP contribution in [0.15, 0.2) is 12.1 Å². The molecular weight excluding hydrogens is 317 g/mol. The van der Waals surface area contributed by atoms with Gasteiger partial charge in [-0.25, -0.2) is 0 Å². The van der Waals surface area contributed by atoms with Gasteiger partial charge in [0.15, 0.2) is 0 Å². The van der Waals surface area contributed by atoms with Crippen molar-refractivity contribution < 1.29 is 5.11 Å². The van der Waals surface area contributed by atoms with E-state index in [-0.39, 0.29) is 0 Å². The first-order valence-corrected chi connectivity index (χ1v) is 12.9. The van der Waals surface area contributed by atoms with Crippen molar-refractivity contribution in [1.29, 1.82) is 0 Å². The predicted molar refractivity (Wildman–Crippen MR) is 115 cm³/mol. The third kappa shape index (κ3) is 12.7. The molecule has 0 amide bonds. The molecule has 0 radical (unpaired) electrons. The lowest BCUT2D eigenvalue weighted by atomic mass is 9.97. The van der Waals surface area contributed by atoms with Crippen LogP contribution in [0.3, 0.4) is 0 Å². The van der Waals surface area contributed by atoms with Crippen LogP contribution in [0, 0.1) is 6.92 Å². The Kier molecular flexibility index (Phi) is 17.1. The summed E-state index contributed by atoms with van der Waals surface area (Å²) >= 11 is 0.389. The van der Waals surface area contributed by atoms with Crippen LogP contribution < -0.4 is 0 Å². The van der Waals surface area contributed by atoms with E-state index in [2.05, 4.69) is 46.8 Å². The van der Waals surface area contributed by atoms with Gasteiger partial charge in [-0.05, 0) is 43.7 Å². The van der Waals surface area contributed by atoms with Gasteiger partial charge in [-0.2, -0.15) is 0 Å². The number of phenolic OH excluding ortho intramolecular Hbond substituents is 1. The van der Waals surface area contributed by atoms with Crippen molar-refractivity contribution in [3.05, 3.63) is 28.8 Å². The van der Waals surface area contributed by atoms with E-state index in [1.54, 1.807) is 9.10 Å². The van der Waals surface area contributed by atoms with Gasteiger partial charge >= 0.3 is 20.4 Å². The van der Waals surface area contributed by atoms with Gasteiger partial charge in [-0.3, -0.25) is 0 Å². The number of hydrogen-bond donors (Lipinski definition) is 1. The molecule has 1 N–H and O–H groups in total. The number of benzene rings is 1. The number of aromatic hydroxyl groups is 1. The highest BCUT2D eigenvalue weighted by Crippen LogP contribution is 2.27. The second kappa shape index (κ2) is 17.2. The molecule has 0 bridgehead atoms. The first-order chi connectivity index (χ1) is 12.1. The Balaban J connectivity index is 0.000000547. The molecule has 1 nitrogen and oxygen atoms in total. The Morgan fingerprint density at radius 3 is 1.48 bits per heavy atom. The van der Waals surface area contributed by atoms with Gasteiger partial charge in [-0.1, -0.05) is 83.9 Å². The summed E-state index contributed by atoms with van der Waals surface area (Å²) in [5.41, 5.74) is 3.54. The largest absolute Gasteiger partial charge is 0.507 e. The highest BCUT2D eigenvalue weighted by molar-refractivity contribution is 6.35. The summed E-state index contributed by atoms with van der Waals surface area (Å²) < 4.78 is 3.19. The maximum atomic E-state index is 10.2. The topological polar surface area (TPSA) is 20.2 Å². The monoisotopic (exact) mass is 358 g/mol. The number of rotatable bonds is 12. The molecule has 0 unspecified atom stereocenters. The van der Waals surface area contributed by atoms with E-state index in [1.165, 1.54) is 44.1 Å². The van der Waals surface area contributed by atoms with E-state index >= 15 is 0 Å². The minimum absolute atomic E-state index is 0.389. The Bertz CT molecular complexity index is 393. The summed E-state index contributed by atoms with van der Waals surface area (Å²) in [4.78, 5) is 0. The second-order valence-electron chi connectivity index (χ2n) is 7.41. The van der Waals surface area contributed by atoms with E-state index in [4.69, 9.17) is 0 Å². The molecule has 1 rings (SSSR count). The first kappa shape index (κ1) is 24.8. The van der Waals surface area contributed by atoms with Crippen LogP contribution in [0.4, 0.5) is 0 Å². The minimum Gasteiger partial charge on any atom is -0.507 e. The lowest BCUT2D eigenvalue weighted by Crippen LogP contribution is -1.94. The normalized spacial score (nSPS) is 10.1. The molecule has 25 heavy (non-hydrogen) atoms. The number of hydrogen-bond acceptors (Lipinski definition) is 1. The second-order valence-corrected chi connectivity index (χ2v) is 9.53. The van der Waals surface area contributed by atoms with Crippen LogP contribution in [0.2, 0.25) is 9.10 Å². The van der Waals surface area contributed by atoms with Crippen molar-refractivity contribution in [2.75, 3.05) is 0 Å². The van der Waals surface area contributed by atoms with E-state index in [9.17, 15) is 5.11 Å². The molecular formula is C23H42MgO. The summed E-state index contributed by atoms with van der Waals surface area (Å²) in [6.07, 6.45) is 12.5. The minimum atomic E-state index is 0.389. The van der Waals surface area contributed by atoms with Gasteiger partial charge in [0, 0.05) is 0 Å². The molecule has 1 aromatic rings. The van der Waals surface area contributed by atoms with Gasteiger partial charge in [0.1, 0.15) is 5.75 Å². The van der Waals surface area contributed by atoms with E-state index in [0.29, 0.717) is 26.1 Å². The average Bonchev–Trinajstić information content (AvgIpc) is 2.61. The van der Waals surface area contributed by atoms with E-state index < -0.39 is 0 Å². The molecule has 0 saturated carbocycles. The molecule has 0 spiro atoms. The van der Waals surface area contributed by atoms with Crippen molar-refractivity contribution >= 4 is 20.4 Å². The Morgan fingerprint density at radius 1 is 0.720 bits per heavy atom. The Morgan fingerprint density at radius 2 is 1.12 bits per heavy atom. The van der Waals surface area contributed by atoms with Gasteiger partial charge < -0.3 is 5.11 Å². The molecule has 2 heteroatoms. The fourth-order valence-electron chi connectivity index (χ4n) is 3.08. The maximum absolute atomic E-state index is 10.2. The molecule has 0 fully saturated rings. The smallest absolute Gasteiger partial charge is 0.364 e. The number of aryl methyl sites for hydroxylation is 3. The van der Waals surface area contributed by atoms with Crippen molar-refractivity contribution in [3.8, 4) is 5.75 Å². The van der Waals surface area contributed by atoms with Crippen LogP contribution in [0.1, 0.15) is 95.8 Å². The van der Waals surface area contributed by atoms with Crippen molar-refractivity contribution in [2.45, 2.75) is 108 Å². The maximum Gasteiger partial charge on any atom is 0.364 e. The van der Waals surface area contributed by atoms with E-state index in [1.807, 2.05) is 0 Å². The predicted octanol–water partition coefficient (Wildman–Crippen LogP) is 7.51. The average molecular weight is 359 g/mol. The third-order valence-corrected chi connectivity index (χ3v) is 6.72. The molecule has 142 valence electrons. The van der Waals surface area contributed by atoms with Gasteiger partial charge in [0.25, 0.3) is 0 Å². The van der Waals surface area contributed by atoms with Crippen molar-refractivity contribution in [3.63, 3.8) is 0 Å². The first-order valence-electron chi connectivity index (χ1n) is 10.9. The Labute approximate surface area is 167 Å². The van der Waals surface area contributed by atoms with Gasteiger partial charge in [0.05, 0.1) is 0 Å². The third-order valence-electron chi connectivity index (χ3n) is 4.72. The standard InChI is InChI=1S/C15H24O.2C4H9.Mg/c1-4-6-8-13-10-12(3)11-14(15(13)16)9-7-5-2;2*1-3-4-2;/h10-11,16H,4-9H2,1-3H3;2*1,3-4H2,2H3;. The molecule has 0 saturated heterocycles. The number of phenols is 1. The van der Waals surface area contributed by atoms with Crippen LogP contribution in [0.25, 0.3) is 0 Å². The zero-order valence-electron chi connectivity index (χ0n) is 17.8. The fraction of sp³-hybridized carbons (Fsp3) is 0.739. The van der Waals surface area contributed by atoms with Crippen molar-refractivity contribution in [2.24, 2.45) is 0 Å². The number of unbranched alkanes of at least 4 members (excludes halogenated alkanes) is 4. The van der Waals surface area contributed by atoms with Gasteiger partial charge in [-0.15, -0.1) is 9.10 Å². The summed E-state index contributed by atoms with van der Waals surface area (Å²) in [5.74, 6) is 0.549. The molecule has 0 atom stereocenters. The summed E-state index contributed by atoms with van der Waals surface area (Å²) in [7, 11) is 0. The molecule has 0 aliphatic rings. The summed E-state index contributed by atoms with van der Waals surface area (Å²) in [6, 6.07) is 4.25. The highest BCUT2D eigenvalue weighted by Gasteiger charge is 2.07. The molecule has 0 aromatic heterocycles. The van der Waals surface area contributed by atoms with Crippen LogP contribution in [-0.2, 0) is 12.8 Å². The van der Waals surface area contributed by atoms with Crippen LogP contribution in [-0.4, -0.2) is 25.5 Å². The van der Waals surface area contributed by atoms with Crippen LogP contribution >= 0.6 is 0 Å². The molecule has 0 heterocycles. The van der Waals surface area contributed by atoms with Crippen molar-refractivity contribution in [1.82, 2.24) is 0 Å². The highest BCUT2D eigenvalue weighted by atomic mass is 24.5. The summed E-state index contributed by atoms with van der Waals surface area (Å²) in [6.45, 7) is 11.1. The summed E-state index contributed by atoms with van der Waals surface area (Å²) in [5, 5.41) is 10.2. The Hall–Kier alpha value is -0.214. The quantitative estimate of drug-likeness (QED) is 0.302. The molecule has 1 aromatic carbocycles. The molecule has 0 aliphatic heterocycles. The fourth-order valence-corrected chi connectivity index (χ4v) is 5.14. The lowest BCUT2D eigenvalue weighted by Gasteiger charge is -2.11. The SMILES string of the molecule is CCCCc1cc(C)cc(CCCC)c1O.CCC[CH2][Mg][CH2]CCC. The molecule has 0 aliphatic carbocycles. The van der Waals surface area contributed by atoms with Crippen LogP contribution in [0.5, 0.6) is 5.75 Å².